The molecule has 1 amide bonds. The number of nitrogens with zero attached hydrogens (tertiary/aromatic N) is 2. The molecule has 3 aromatic rings. The molecule has 0 fully saturated rings. The average molecular weight is 454 g/mol. The van der Waals surface area contributed by atoms with Crippen LogP contribution in [-0.2, 0) is 11.2 Å². The highest BCUT2D eigenvalue weighted by atomic mass is 35.5. The molecule has 1 atom stereocenters. The first-order valence-electron chi connectivity index (χ1n) is 10.8. The van der Waals surface area contributed by atoms with E-state index in [0.717, 1.165) is 23.4 Å². The first-order chi connectivity index (χ1) is 15.4. The molecule has 1 heterocycles. The van der Waals surface area contributed by atoms with Crippen LogP contribution in [0.5, 0.6) is 0 Å². The zero-order valence-corrected chi connectivity index (χ0v) is 19.4. The van der Waals surface area contributed by atoms with E-state index in [0.29, 0.717) is 30.2 Å². The predicted octanol–water partition coefficient (Wildman–Crippen LogP) is 5.19. The average Bonchev–Trinajstić information content (AvgIpc) is 3.24. The van der Waals surface area contributed by atoms with Crippen LogP contribution < -0.4 is 5.32 Å². The molecule has 3 rings (SSSR count). The van der Waals surface area contributed by atoms with Crippen molar-refractivity contribution in [1.82, 2.24) is 15.1 Å². The number of nitrogens with one attached hydrogen (secondary N) is 1. The largest absolute Gasteiger partial charge is 0.461 e. The molecule has 1 aromatic heterocycles. The van der Waals surface area contributed by atoms with Crippen molar-refractivity contribution in [3.8, 4) is 5.69 Å². The van der Waals surface area contributed by atoms with Gasteiger partial charge in [0.2, 0.25) is 0 Å². The molecule has 0 saturated carbocycles. The Balaban J connectivity index is 1.71. The van der Waals surface area contributed by atoms with Crippen LogP contribution in [-0.4, -0.2) is 34.8 Å². The minimum atomic E-state index is -0.438. The van der Waals surface area contributed by atoms with E-state index < -0.39 is 5.97 Å². The molecule has 0 aliphatic heterocycles. The number of carbonyl (C=O) groups is 2. The number of halogens is 1. The first kappa shape index (κ1) is 23.5. The third-order valence-electron chi connectivity index (χ3n) is 5.30. The summed E-state index contributed by atoms with van der Waals surface area (Å²) in [6, 6.07) is 16.6. The second kappa shape index (κ2) is 11.0. The predicted molar refractivity (Wildman–Crippen MR) is 126 cm³/mol. The van der Waals surface area contributed by atoms with Gasteiger partial charge in [-0.25, -0.2) is 9.48 Å². The Hall–Kier alpha value is -3.12. The fourth-order valence-corrected chi connectivity index (χ4v) is 3.55. The SMILES string of the molecule is CCOC(=O)c1cc(C(C)CC)n(-c2ccc(C(=O)NCCc3cccc(Cl)c3)cc2)n1. The van der Waals surface area contributed by atoms with Gasteiger partial charge in [-0.15, -0.1) is 0 Å². The van der Waals surface area contributed by atoms with E-state index >= 15 is 0 Å². The van der Waals surface area contributed by atoms with E-state index in [1.165, 1.54) is 0 Å². The van der Waals surface area contributed by atoms with Crippen LogP contribution >= 0.6 is 11.6 Å². The van der Waals surface area contributed by atoms with Crippen LogP contribution in [0.1, 0.15) is 65.2 Å². The second-order valence-corrected chi connectivity index (χ2v) is 8.02. The zero-order chi connectivity index (χ0) is 23.1. The summed E-state index contributed by atoms with van der Waals surface area (Å²) in [5.41, 5.74) is 3.62. The lowest BCUT2D eigenvalue weighted by Crippen LogP contribution is -2.25. The number of hydrogen-bond donors (Lipinski definition) is 1. The summed E-state index contributed by atoms with van der Waals surface area (Å²) in [6.07, 6.45) is 1.60. The number of benzene rings is 2. The molecule has 1 unspecified atom stereocenters. The smallest absolute Gasteiger partial charge is 0.358 e. The molecule has 0 saturated heterocycles. The number of aromatic nitrogens is 2. The number of carbonyl (C=O) groups excluding carboxylic acids is 2. The number of ether oxygens (including phenoxy) is 1. The Kier molecular flexibility index (Phi) is 8.06. The van der Waals surface area contributed by atoms with Crippen LogP contribution in [0, 0.1) is 0 Å². The summed E-state index contributed by atoms with van der Waals surface area (Å²) in [5, 5.41) is 8.08. The third-order valence-corrected chi connectivity index (χ3v) is 5.54. The van der Waals surface area contributed by atoms with E-state index in [1.807, 2.05) is 36.4 Å². The molecule has 0 aliphatic carbocycles. The highest BCUT2D eigenvalue weighted by molar-refractivity contribution is 6.30. The van der Waals surface area contributed by atoms with Gasteiger partial charge in [0.25, 0.3) is 5.91 Å². The van der Waals surface area contributed by atoms with Crippen molar-refractivity contribution in [3.05, 3.63) is 82.1 Å². The van der Waals surface area contributed by atoms with Crippen molar-refractivity contribution in [2.24, 2.45) is 0 Å². The van der Waals surface area contributed by atoms with Crippen molar-refractivity contribution in [3.63, 3.8) is 0 Å². The van der Waals surface area contributed by atoms with Gasteiger partial charge in [0.05, 0.1) is 12.3 Å². The van der Waals surface area contributed by atoms with Crippen molar-refractivity contribution in [2.45, 2.75) is 39.5 Å². The summed E-state index contributed by atoms with van der Waals surface area (Å²) in [4.78, 5) is 24.7. The molecular formula is C25H28ClN3O3. The summed E-state index contributed by atoms with van der Waals surface area (Å²) < 4.78 is 6.85. The molecule has 1 N–H and O–H groups in total. The summed E-state index contributed by atoms with van der Waals surface area (Å²) in [7, 11) is 0. The van der Waals surface area contributed by atoms with Gasteiger partial charge in [-0.05, 0) is 73.7 Å². The fraction of sp³-hybridized carbons (Fsp3) is 0.320. The van der Waals surface area contributed by atoms with Crippen LogP contribution in [0.15, 0.2) is 54.6 Å². The molecule has 2 aromatic carbocycles. The molecule has 32 heavy (non-hydrogen) atoms. The maximum Gasteiger partial charge on any atom is 0.358 e. The van der Waals surface area contributed by atoms with Gasteiger partial charge in [-0.3, -0.25) is 4.79 Å². The van der Waals surface area contributed by atoms with Crippen molar-refractivity contribution in [2.75, 3.05) is 13.2 Å². The summed E-state index contributed by atoms with van der Waals surface area (Å²) in [6.45, 7) is 6.75. The lowest BCUT2D eigenvalue weighted by Gasteiger charge is -2.12. The molecule has 0 radical (unpaired) electrons. The highest BCUT2D eigenvalue weighted by Crippen LogP contribution is 2.24. The number of rotatable bonds is 9. The molecular weight excluding hydrogens is 426 g/mol. The lowest BCUT2D eigenvalue weighted by molar-refractivity contribution is 0.0518. The molecule has 7 heteroatoms. The second-order valence-electron chi connectivity index (χ2n) is 7.58. The van der Waals surface area contributed by atoms with Gasteiger partial charge in [-0.2, -0.15) is 5.10 Å². The van der Waals surface area contributed by atoms with Crippen LogP contribution in [0.3, 0.4) is 0 Å². The molecule has 0 bridgehead atoms. The van der Waals surface area contributed by atoms with Crippen LogP contribution in [0.2, 0.25) is 5.02 Å². The zero-order valence-electron chi connectivity index (χ0n) is 18.6. The molecule has 6 nitrogen and oxygen atoms in total. The number of hydrogen-bond acceptors (Lipinski definition) is 4. The van der Waals surface area contributed by atoms with Gasteiger partial charge >= 0.3 is 5.97 Å². The van der Waals surface area contributed by atoms with E-state index in [9.17, 15) is 9.59 Å². The summed E-state index contributed by atoms with van der Waals surface area (Å²) >= 11 is 6.00. The van der Waals surface area contributed by atoms with Gasteiger partial charge < -0.3 is 10.1 Å². The summed E-state index contributed by atoms with van der Waals surface area (Å²) in [5.74, 6) is -0.375. The van der Waals surface area contributed by atoms with E-state index in [4.69, 9.17) is 16.3 Å². The first-order valence-corrected chi connectivity index (χ1v) is 11.2. The lowest BCUT2D eigenvalue weighted by atomic mass is 10.0. The molecule has 168 valence electrons. The third kappa shape index (κ3) is 5.77. The molecule has 0 spiro atoms. The Morgan fingerprint density at radius 3 is 2.53 bits per heavy atom. The highest BCUT2D eigenvalue weighted by Gasteiger charge is 2.19. The van der Waals surface area contributed by atoms with E-state index in [1.54, 1.807) is 29.8 Å². The normalized spacial score (nSPS) is 11.8. The number of amides is 1. The quantitative estimate of drug-likeness (QED) is 0.452. The topological polar surface area (TPSA) is 73.2 Å². The number of esters is 1. The Labute approximate surface area is 193 Å². The van der Waals surface area contributed by atoms with Crippen LogP contribution in [0.25, 0.3) is 5.69 Å². The van der Waals surface area contributed by atoms with Crippen molar-refractivity contribution < 1.29 is 14.3 Å². The Bertz CT molecular complexity index is 1080. The molecule has 0 aliphatic rings. The minimum absolute atomic E-state index is 0.145. The van der Waals surface area contributed by atoms with E-state index in [2.05, 4.69) is 24.3 Å². The van der Waals surface area contributed by atoms with Gasteiger partial charge in [0.15, 0.2) is 5.69 Å². The van der Waals surface area contributed by atoms with Crippen molar-refractivity contribution >= 4 is 23.5 Å². The monoisotopic (exact) mass is 453 g/mol. The van der Waals surface area contributed by atoms with Gasteiger partial charge in [0, 0.05) is 22.8 Å². The maximum atomic E-state index is 12.5. The Morgan fingerprint density at radius 2 is 1.88 bits per heavy atom. The van der Waals surface area contributed by atoms with Gasteiger partial charge in [-0.1, -0.05) is 37.6 Å². The fourth-order valence-electron chi connectivity index (χ4n) is 3.34. The van der Waals surface area contributed by atoms with Crippen molar-refractivity contribution in [1.29, 1.82) is 0 Å². The van der Waals surface area contributed by atoms with E-state index in [-0.39, 0.29) is 17.5 Å². The standard InChI is InChI=1S/C25H28ClN3O3/c1-4-17(3)23-16-22(25(31)32-5-2)28-29(23)21-11-9-19(10-12-21)24(30)27-14-13-18-7-6-8-20(26)15-18/h6-12,15-17H,4-5,13-14H2,1-3H3,(H,27,30). The van der Waals surface area contributed by atoms with Gasteiger partial charge in [0.1, 0.15) is 0 Å². The minimum Gasteiger partial charge on any atom is -0.461 e. The maximum absolute atomic E-state index is 12.5. The van der Waals surface area contributed by atoms with Crippen LogP contribution in [0.4, 0.5) is 0 Å². The Morgan fingerprint density at radius 1 is 1.12 bits per heavy atom.